The summed E-state index contributed by atoms with van der Waals surface area (Å²) in [6, 6.07) is 1.09. The molecule has 14 amide bonds. The van der Waals surface area contributed by atoms with Crippen molar-refractivity contribution in [3.05, 3.63) is 125 Å². The lowest BCUT2D eigenvalue weighted by Gasteiger charge is -2.29. The molecular weight excluding hydrogens is 1360 g/mol. The molecule has 0 radical (unpaired) electrons. The van der Waals surface area contributed by atoms with Gasteiger partial charge in [0.15, 0.2) is 0 Å². The van der Waals surface area contributed by atoms with Crippen LogP contribution in [0, 0.1) is 5.92 Å². The number of carbonyl (C=O) groups excluding carboxylic acids is 14. The minimum atomic E-state index is -1.94. The highest BCUT2D eigenvalue weighted by atomic mass is 16.4. The Bertz CT molecular complexity index is 3980. The van der Waals surface area contributed by atoms with Crippen molar-refractivity contribution in [1.82, 2.24) is 84.1 Å². The number of primary amides is 1. The monoisotopic (exact) mass is 1460 g/mol. The minimum absolute atomic E-state index is 0.00781. The molecule has 34 nitrogen and oxygen atoms in total. The van der Waals surface area contributed by atoms with Gasteiger partial charge in [-0.05, 0) is 101 Å². The summed E-state index contributed by atoms with van der Waals surface area (Å²) in [6.07, 6.45) is 0.847. The van der Waals surface area contributed by atoms with Crippen LogP contribution in [0.3, 0.4) is 0 Å². The predicted molar refractivity (Wildman–Crippen MR) is 378 cm³/mol. The van der Waals surface area contributed by atoms with Crippen LogP contribution in [0.5, 0.6) is 0 Å². The smallest absolute Gasteiger partial charge is 0.303 e. The van der Waals surface area contributed by atoms with Crippen molar-refractivity contribution >= 4 is 99.6 Å². The predicted octanol–water partition coefficient (Wildman–Crippen LogP) is -1.77. The number of aliphatic carboxylic acids is 1. The summed E-state index contributed by atoms with van der Waals surface area (Å²) in [5.74, 6) is -15.8. The zero-order valence-electron chi connectivity index (χ0n) is 59.1. The molecule has 2 aliphatic rings. The molecule has 5 aromatic rings. The molecule has 0 saturated heterocycles. The number of hydrogen-bond acceptors (Lipinski definition) is 17. The van der Waals surface area contributed by atoms with E-state index in [0.29, 0.717) is 34.9 Å². The number of carboxylic acids is 1. The first-order valence-electron chi connectivity index (χ1n) is 34.8. The molecule has 19 N–H and O–H groups in total. The molecule has 105 heavy (non-hydrogen) atoms. The van der Waals surface area contributed by atoms with E-state index >= 15 is 0 Å². The zero-order chi connectivity index (χ0) is 76.6. The molecule has 34 heteroatoms. The van der Waals surface area contributed by atoms with E-state index in [9.17, 15) is 82.1 Å². The molecule has 0 spiro atoms. The lowest BCUT2D eigenvalue weighted by Crippen LogP contribution is -2.62. The topological polar surface area (TPSA) is 523 Å². The largest absolute Gasteiger partial charge is 0.481 e. The number of nitrogens with two attached hydrogens (primary N) is 1. The molecule has 4 heterocycles. The number of nitrogens with zero attached hydrogens (tertiary/aromatic N) is 1. The molecule has 7 rings (SSSR count). The summed E-state index contributed by atoms with van der Waals surface area (Å²) < 4.78 is 0. The normalized spacial score (nSPS) is 24.3. The SMILES string of the molecule is CCCCC1NC(=O)[C@@H]2CCCCNC(=O)c3cc(cc(c3)C(=O)NC(C)C(=O)NC(Cc3ccccc3)C(=O)NC(Cc3c[nH]c4ccccc34)C(=O)NC([C@H](C)O)C(=O)N[C@H](CCC(=O)O)C(=O)N2)C(=O)NC[C@@H](C(N)=O)NC(=O)C(Cc2c[nH]cn2)NC(=O)C(C)NC(=O)C(CC(C)C)NC1=O. The van der Waals surface area contributed by atoms with Gasteiger partial charge in [-0.25, -0.2) is 4.98 Å². The van der Waals surface area contributed by atoms with Gasteiger partial charge in [0.1, 0.15) is 66.5 Å². The number of carboxylic acid groups (broad SMARTS) is 1. The lowest BCUT2D eigenvalue weighted by molar-refractivity contribution is -0.139. The molecule has 0 aliphatic carbocycles. The van der Waals surface area contributed by atoms with Gasteiger partial charge in [0.05, 0.1) is 18.1 Å². The highest BCUT2D eigenvalue weighted by molar-refractivity contribution is 6.06. The standard InChI is InChI=1S/C71H93N17O17/c1-7-8-19-48-65(99)85-51(25-36(2)3)67(101)79-38(5)60(94)84-54(31-45-33-73-35-77-45)69(103)87-55(58(72)92)34-76-62(96)42-27-41-28-43(29-42)63(97)78-37(4)59(93)83-52(26-40-16-10-9-11-17-40)68(102)86-53(30-44-32-75-47-20-13-12-18-46(44)47)70(104)88-57(39(6)89)71(105)82-50(22-23-56(90)91)66(100)81-49(64(98)80-48)21-14-15-24-74-61(41)95/h9-13,16-18,20,27-29,32-33,35-39,48-55,57,75,89H,7-8,14-15,19,21-26,30-31,34H2,1-6H3,(H2,72,92)(H,73,77)(H,74,95)(H,76,96)(H,78,97)(H,79,101)(H,80,98)(H,81,100)(H,82,105)(H,83,93)(H,84,94)(H,85,99)(H,86,102)(H,87,103)(H,88,104)(H,90,91)/t37?,38?,39-,48?,49-,50+,51?,52?,53?,54?,55-,57?/m0/s1. The minimum Gasteiger partial charge on any atom is -0.481 e. The molecule has 4 bridgehead atoms. The Kier molecular flexibility index (Phi) is 29.7. The number of aromatic nitrogens is 3. The maximum atomic E-state index is 14.9. The average molecular weight is 1460 g/mol. The number of amides is 14. The summed E-state index contributed by atoms with van der Waals surface area (Å²) in [4.78, 5) is 224. The molecule has 0 fully saturated rings. The first kappa shape index (κ1) is 80.7. The maximum Gasteiger partial charge on any atom is 0.303 e. The fourth-order valence-corrected chi connectivity index (χ4v) is 11.7. The Morgan fingerprint density at radius 2 is 1.10 bits per heavy atom. The van der Waals surface area contributed by atoms with Gasteiger partial charge in [-0.2, -0.15) is 0 Å². The first-order chi connectivity index (χ1) is 50.0. The van der Waals surface area contributed by atoms with E-state index in [-0.39, 0.29) is 86.2 Å². The van der Waals surface area contributed by atoms with Gasteiger partial charge in [-0.1, -0.05) is 82.1 Å². The lowest BCUT2D eigenvalue weighted by atomic mass is 10.0. The number of carbonyl (C=O) groups is 15. The van der Waals surface area contributed by atoms with Crippen molar-refractivity contribution in [2.24, 2.45) is 11.7 Å². The molecule has 3 aromatic carbocycles. The van der Waals surface area contributed by atoms with Crippen LogP contribution in [-0.2, 0) is 76.8 Å². The van der Waals surface area contributed by atoms with Gasteiger partial charge < -0.3 is 95.0 Å². The van der Waals surface area contributed by atoms with Crippen LogP contribution in [0.4, 0.5) is 0 Å². The van der Waals surface area contributed by atoms with Crippen LogP contribution >= 0.6 is 0 Å². The third kappa shape index (κ3) is 24.0. The number of fused-ring (bicyclic) bond motifs is 9. The van der Waals surface area contributed by atoms with Crippen LogP contribution in [-0.4, -0.2) is 199 Å². The maximum absolute atomic E-state index is 14.9. The summed E-state index contributed by atoms with van der Waals surface area (Å²) in [5.41, 5.74) is 6.60. The number of nitrogens with one attached hydrogen (secondary N) is 15. The van der Waals surface area contributed by atoms with Crippen molar-refractivity contribution in [3.8, 4) is 0 Å². The van der Waals surface area contributed by atoms with Crippen LogP contribution in [0.25, 0.3) is 10.9 Å². The third-order valence-corrected chi connectivity index (χ3v) is 17.6. The molecule has 12 atom stereocenters. The highest BCUT2D eigenvalue weighted by Gasteiger charge is 2.38. The van der Waals surface area contributed by atoms with Crippen LogP contribution in [0.15, 0.2) is 91.5 Å². The van der Waals surface area contributed by atoms with E-state index in [1.165, 1.54) is 26.4 Å². The van der Waals surface area contributed by atoms with Crippen LogP contribution in [0.1, 0.15) is 147 Å². The fourth-order valence-electron chi connectivity index (χ4n) is 11.7. The molecule has 8 unspecified atom stereocenters. The molecular formula is C71H93N17O17. The first-order valence-corrected chi connectivity index (χ1v) is 34.8. The van der Waals surface area contributed by atoms with Crippen molar-refractivity contribution in [2.75, 3.05) is 13.1 Å². The van der Waals surface area contributed by atoms with Crippen molar-refractivity contribution in [3.63, 3.8) is 0 Å². The third-order valence-electron chi connectivity index (χ3n) is 17.6. The Hall–Kier alpha value is -11.6. The second-order valence-electron chi connectivity index (χ2n) is 26.5. The number of aromatic amines is 2. The van der Waals surface area contributed by atoms with E-state index in [1.54, 1.807) is 74.6 Å². The second kappa shape index (κ2) is 38.6. The van der Waals surface area contributed by atoms with Gasteiger partial charge in [0.2, 0.25) is 65.0 Å². The number of para-hydroxylation sites is 1. The number of aliphatic hydroxyl groups excluding tert-OH is 1. The zero-order valence-corrected chi connectivity index (χ0v) is 59.1. The van der Waals surface area contributed by atoms with Gasteiger partial charge in [0, 0.05) is 78.8 Å². The van der Waals surface area contributed by atoms with Gasteiger partial charge in [0.25, 0.3) is 17.7 Å². The number of rotatable bonds is 16. The Morgan fingerprint density at radius 1 is 0.552 bits per heavy atom. The number of imidazole rings is 1. The van der Waals surface area contributed by atoms with E-state index < -0.39 is 181 Å². The second-order valence-corrected chi connectivity index (χ2v) is 26.5. The molecule has 0 saturated carbocycles. The van der Waals surface area contributed by atoms with Gasteiger partial charge in [-0.15, -0.1) is 0 Å². The van der Waals surface area contributed by atoms with Crippen molar-refractivity contribution in [1.29, 1.82) is 0 Å². The highest BCUT2D eigenvalue weighted by Crippen LogP contribution is 2.21. The molecule has 2 aromatic heterocycles. The summed E-state index contributed by atoms with van der Waals surface area (Å²) in [5, 5.41) is 55.3. The summed E-state index contributed by atoms with van der Waals surface area (Å²) >= 11 is 0. The quantitative estimate of drug-likeness (QED) is 0.0520. The van der Waals surface area contributed by atoms with Crippen molar-refractivity contribution in [2.45, 2.75) is 191 Å². The van der Waals surface area contributed by atoms with Gasteiger partial charge in [-0.3, -0.25) is 71.9 Å². The van der Waals surface area contributed by atoms with Crippen LogP contribution < -0.4 is 74.9 Å². The van der Waals surface area contributed by atoms with Crippen molar-refractivity contribution < 1.29 is 82.1 Å². The van der Waals surface area contributed by atoms with E-state index in [0.717, 1.165) is 25.1 Å². The number of H-pyrrole nitrogens is 2. The number of hydrogen-bond donors (Lipinski definition) is 18. The average Bonchev–Trinajstić information content (AvgIpc) is 1.75. The summed E-state index contributed by atoms with van der Waals surface area (Å²) in [7, 11) is 0. The van der Waals surface area contributed by atoms with Gasteiger partial charge >= 0.3 is 5.97 Å². The molecule has 564 valence electrons. The molecule has 2 aliphatic heterocycles. The van der Waals surface area contributed by atoms with Crippen LogP contribution in [0.2, 0.25) is 0 Å². The van der Waals surface area contributed by atoms with E-state index in [4.69, 9.17) is 5.73 Å². The number of unbranched alkanes of at least 4 members (excludes halogenated alkanes) is 1. The Morgan fingerprint density at radius 3 is 1.73 bits per heavy atom. The number of benzene rings is 3. The Labute approximate surface area is 604 Å². The van der Waals surface area contributed by atoms with E-state index in [1.807, 2.05) is 6.92 Å². The fraction of sp³-hybridized carbons (Fsp3) is 0.465. The number of aliphatic hydroxyl groups is 1. The summed E-state index contributed by atoms with van der Waals surface area (Å²) in [6.45, 7) is 8.11. The Balaban J connectivity index is 1.35. The van der Waals surface area contributed by atoms with E-state index in [2.05, 4.69) is 84.1 Å².